The summed E-state index contributed by atoms with van der Waals surface area (Å²) in [6.45, 7) is 3.30. The van der Waals surface area contributed by atoms with Gasteiger partial charge in [0.2, 0.25) is 0 Å². The minimum Gasteiger partial charge on any atom is -0.351 e. The maximum atomic E-state index is 12.0. The van der Waals surface area contributed by atoms with Gasteiger partial charge in [-0.2, -0.15) is 10.2 Å². The van der Waals surface area contributed by atoms with Crippen LogP contribution in [0, 0.1) is 6.92 Å². The molecule has 1 amide bonds. The Kier molecular flexibility index (Phi) is 3.91. The smallest absolute Gasteiger partial charge is 0.271 e. The highest BCUT2D eigenvalue weighted by molar-refractivity contribution is 5.92. The molecule has 3 rings (SSSR count). The molecule has 0 saturated carbocycles. The van der Waals surface area contributed by atoms with Gasteiger partial charge in [0.1, 0.15) is 5.69 Å². The van der Waals surface area contributed by atoms with Crippen LogP contribution in [0.15, 0.2) is 36.5 Å². The predicted molar refractivity (Wildman–Crippen MR) is 84.6 cm³/mol. The normalized spacial score (nSPS) is 11.0. The Morgan fingerprint density at radius 2 is 2.14 bits per heavy atom. The van der Waals surface area contributed by atoms with Crippen molar-refractivity contribution in [3.63, 3.8) is 0 Å². The minimum atomic E-state index is -0.131. The molecule has 0 aliphatic rings. The van der Waals surface area contributed by atoms with Gasteiger partial charge in [-0.1, -0.05) is 18.2 Å². The molecular weight excluding hydrogens is 278 g/mol. The van der Waals surface area contributed by atoms with Gasteiger partial charge in [0.05, 0.1) is 11.7 Å². The van der Waals surface area contributed by atoms with Crippen LogP contribution in [0.5, 0.6) is 0 Å². The van der Waals surface area contributed by atoms with Crippen LogP contribution < -0.4 is 5.32 Å². The van der Waals surface area contributed by atoms with Gasteiger partial charge in [0.25, 0.3) is 5.91 Å². The third-order valence-corrected chi connectivity index (χ3v) is 3.73. The number of rotatable bonds is 5. The highest BCUT2D eigenvalue weighted by atomic mass is 16.1. The Morgan fingerprint density at radius 3 is 2.91 bits per heavy atom. The Balaban J connectivity index is 1.52. The average molecular weight is 297 g/mol. The van der Waals surface area contributed by atoms with Crippen molar-refractivity contribution >= 4 is 16.8 Å². The van der Waals surface area contributed by atoms with E-state index in [9.17, 15) is 4.79 Å². The van der Waals surface area contributed by atoms with Gasteiger partial charge < -0.3 is 5.32 Å². The molecule has 1 aromatic carbocycles. The standard InChI is InChI=1S/C16H19N5O/c1-12-10-14(19-20(12)2)16(22)17-8-5-9-21-15-7-4-3-6-13(15)11-18-21/h3-4,6-7,10-11H,5,8-9H2,1-2H3,(H,17,22). The summed E-state index contributed by atoms with van der Waals surface area (Å²) in [5, 5.41) is 12.6. The zero-order valence-corrected chi connectivity index (χ0v) is 12.8. The average Bonchev–Trinajstić information content (AvgIpc) is 3.08. The first-order valence-electron chi connectivity index (χ1n) is 7.34. The summed E-state index contributed by atoms with van der Waals surface area (Å²) in [5.41, 5.74) is 2.55. The van der Waals surface area contributed by atoms with E-state index in [1.54, 1.807) is 10.7 Å². The van der Waals surface area contributed by atoms with Crippen molar-refractivity contribution in [1.82, 2.24) is 24.9 Å². The zero-order valence-electron chi connectivity index (χ0n) is 12.8. The summed E-state index contributed by atoms with van der Waals surface area (Å²) in [7, 11) is 1.83. The maximum absolute atomic E-state index is 12.0. The molecule has 3 aromatic rings. The number of carbonyl (C=O) groups is 1. The highest BCUT2D eigenvalue weighted by Crippen LogP contribution is 2.12. The Morgan fingerprint density at radius 1 is 1.32 bits per heavy atom. The van der Waals surface area contributed by atoms with Crippen LogP contribution >= 0.6 is 0 Å². The molecule has 0 spiro atoms. The first-order valence-corrected chi connectivity index (χ1v) is 7.34. The number of benzene rings is 1. The molecule has 0 saturated heterocycles. The third-order valence-electron chi connectivity index (χ3n) is 3.73. The van der Waals surface area contributed by atoms with Crippen LogP contribution in [-0.4, -0.2) is 32.0 Å². The number of carbonyl (C=O) groups excluding carboxylic acids is 1. The van der Waals surface area contributed by atoms with E-state index in [1.165, 1.54) is 0 Å². The molecule has 2 aromatic heterocycles. The molecule has 0 bridgehead atoms. The Labute approximate surface area is 128 Å². The fraction of sp³-hybridized carbons (Fsp3) is 0.312. The van der Waals surface area contributed by atoms with Crippen LogP contribution in [-0.2, 0) is 13.6 Å². The van der Waals surface area contributed by atoms with Crippen LogP contribution in [0.3, 0.4) is 0 Å². The van der Waals surface area contributed by atoms with E-state index in [0.717, 1.165) is 29.6 Å². The van der Waals surface area contributed by atoms with Crippen molar-refractivity contribution in [1.29, 1.82) is 0 Å². The minimum absolute atomic E-state index is 0.131. The van der Waals surface area contributed by atoms with Crippen molar-refractivity contribution in [2.75, 3.05) is 6.54 Å². The van der Waals surface area contributed by atoms with Gasteiger partial charge in [0.15, 0.2) is 0 Å². The number of aromatic nitrogens is 4. The van der Waals surface area contributed by atoms with Crippen molar-refractivity contribution in [3.05, 3.63) is 47.9 Å². The maximum Gasteiger partial charge on any atom is 0.271 e. The molecule has 0 radical (unpaired) electrons. The lowest BCUT2D eigenvalue weighted by molar-refractivity contribution is 0.0947. The summed E-state index contributed by atoms with van der Waals surface area (Å²) in [5.74, 6) is -0.131. The molecule has 6 heteroatoms. The number of fused-ring (bicyclic) bond motifs is 1. The SMILES string of the molecule is Cc1cc(C(=O)NCCCn2ncc3ccccc32)nn1C. The summed E-state index contributed by atoms with van der Waals surface area (Å²) in [6.07, 6.45) is 2.69. The predicted octanol–water partition coefficient (Wildman–Crippen LogP) is 1.90. The quantitative estimate of drug-likeness (QED) is 0.732. The summed E-state index contributed by atoms with van der Waals surface area (Å²) < 4.78 is 3.66. The largest absolute Gasteiger partial charge is 0.351 e. The van der Waals surface area contributed by atoms with E-state index in [0.29, 0.717) is 12.2 Å². The summed E-state index contributed by atoms with van der Waals surface area (Å²) in [6, 6.07) is 9.90. The Hall–Kier alpha value is -2.63. The summed E-state index contributed by atoms with van der Waals surface area (Å²) >= 11 is 0. The molecule has 22 heavy (non-hydrogen) atoms. The fourth-order valence-corrected chi connectivity index (χ4v) is 2.40. The molecule has 114 valence electrons. The number of hydrogen-bond donors (Lipinski definition) is 1. The molecule has 0 fully saturated rings. The number of nitrogens with one attached hydrogen (secondary N) is 1. The van der Waals surface area contributed by atoms with Crippen molar-refractivity contribution in [3.8, 4) is 0 Å². The number of para-hydroxylation sites is 1. The second-order valence-electron chi connectivity index (χ2n) is 5.33. The van der Waals surface area contributed by atoms with Gasteiger partial charge in [0, 0.05) is 31.2 Å². The molecule has 0 atom stereocenters. The lowest BCUT2D eigenvalue weighted by Gasteiger charge is -2.05. The monoisotopic (exact) mass is 297 g/mol. The van der Waals surface area contributed by atoms with E-state index in [4.69, 9.17) is 0 Å². The van der Waals surface area contributed by atoms with Gasteiger partial charge >= 0.3 is 0 Å². The van der Waals surface area contributed by atoms with Crippen molar-refractivity contribution in [2.45, 2.75) is 19.9 Å². The van der Waals surface area contributed by atoms with E-state index in [2.05, 4.69) is 21.6 Å². The van der Waals surface area contributed by atoms with Crippen molar-refractivity contribution in [2.24, 2.45) is 7.05 Å². The van der Waals surface area contributed by atoms with Crippen LogP contribution in [0.4, 0.5) is 0 Å². The first-order chi connectivity index (χ1) is 10.6. The van der Waals surface area contributed by atoms with E-state index >= 15 is 0 Å². The molecule has 2 heterocycles. The second-order valence-corrected chi connectivity index (χ2v) is 5.33. The summed E-state index contributed by atoms with van der Waals surface area (Å²) in [4.78, 5) is 12.0. The third kappa shape index (κ3) is 2.86. The van der Waals surface area contributed by atoms with Gasteiger partial charge in [-0.25, -0.2) is 0 Å². The molecule has 0 aliphatic carbocycles. The topological polar surface area (TPSA) is 64.7 Å². The number of hydrogen-bond acceptors (Lipinski definition) is 3. The molecule has 6 nitrogen and oxygen atoms in total. The van der Waals surface area contributed by atoms with Crippen LogP contribution in [0.2, 0.25) is 0 Å². The van der Waals surface area contributed by atoms with Gasteiger partial charge in [-0.3, -0.25) is 14.2 Å². The van der Waals surface area contributed by atoms with E-state index in [-0.39, 0.29) is 5.91 Å². The van der Waals surface area contributed by atoms with E-state index in [1.807, 2.05) is 43.0 Å². The lowest BCUT2D eigenvalue weighted by atomic mass is 10.2. The second kappa shape index (κ2) is 6.01. The van der Waals surface area contributed by atoms with Crippen LogP contribution in [0.1, 0.15) is 22.6 Å². The number of aryl methyl sites for hydroxylation is 3. The highest BCUT2D eigenvalue weighted by Gasteiger charge is 2.10. The Bertz CT molecular complexity index is 782. The van der Waals surface area contributed by atoms with Gasteiger partial charge in [-0.15, -0.1) is 0 Å². The van der Waals surface area contributed by atoms with Crippen LogP contribution in [0.25, 0.3) is 10.9 Å². The molecule has 0 aliphatic heterocycles. The fourth-order valence-electron chi connectivity index (χ4n) is 2.40. The molecule has 0 unspecified atom stereocenters. The van der Waals surface area contributed by atoms with E-state index < -0.39 is 0 Å². The number of nitrogens with zero attached hydrogens (tertiary/aromatic N) is 4. The molecule has 1 N–H and O–H groups in total. The molecular formula is C16H19N5O. The first kappa shape index (κ1) is 14.3. The van der Waals surface area contributed by atoms with Crippen molar-refractivity contribution < 1.29 is 4.79 Å². The zero-order chi connectivity index (χ0) is 15.5. The number of amides is 1. The van der Waals surface area contributed by atoms with Gasteiger partial charge in [-0.05, 0) is 25.5 Å². The lowest BCUT2D eigenvalue weighted by Crippen LogP contribution is -2.25.